The fourth-order valence-corrected chi connectivity index (χ4v) is 3.79. The average molecular weight is 393 g/mol. The van der Waals surface area contributed by atoms with Gasteiger partial charge in [0.25, 0.3) is 0 Å². The number of benzene rings is 2. The number of para-hydroxylation sites is 1. The van der Waals surface area contributed by atoms with E-state index in [1.54, 1.807) is 31.4 Å². The average Bonchev–Trinajstić information content (AvgIpc) is 3.43. The fraction of sp³-hybridized carbons (Fsp3) is 0.318. The monoisotopic (exact) mass is 393 g/mol. The lowest BCUT2D eigenvalue weighted by Crippen LogP contribution is -2.23. The van der Waals surface area contributed by atoms with E-state index in [2.05, 4.69) is 21.1 Å². The third-order valence-corrected chi connectivity index (χ3v) is 5.23. The van der Waals surface area contributed by atoms with Crippen LogP contribution in [-0.4, -0.2) is 41.8 Å². The molecule has 29 heavy (non-hydrogen) atoms. The van der Waals surface area contributed by atoms with Gasteiger partial charge in [-0.15, -0.1) is 0 Å². The van der Waals surface area contributed by atoms with E-state index in [1.165, 1.54) is 12.7 Å². The van der Waals surface area contributed by atoms with Gasteiger partial charge in [0.2, 0.25) is 11.7 Å². The minimum atomic E-state index is -0.373. The first-order valence-corrected chi connectivity index (χ1v) is 9.58. The van der Waals surface area contributed by atoms with Crippen LogP contribution in [0.3, 0.4) is 0 Å². The van der Waals surface area contributed by atoms with E-state index in [0.29, 0.717) is 23.8 Å². The number of likely N-dealkylation sites (tertiary alicyclic amines) is 1. The molecule has 0 bridgehead atoms. The Kier molecular flexibility index (Phi) is 5.57. The lowest BCUT2D eigenvalue weighted by Gasteiger charge is -2.24. The van der Waals surface area contributed by atoms with Crippen molar-refractivity contribution in [2.24, 2.45) is 0 Å². The molecule has 3 aromatic rings. The normalized spacial score (nSPS) is 16.7. The molecular formula is C22H23N3O4. The summed E-state index contributed by atoms with van der Waals surface area (Å²) < 4.78 is 15.8. The van der Waals surface area contributed by atoms with Crippen molar-refractivity contribution in [2.75, 3.05) is 20.8 Å². The van der Waals surface area contributed by atoms with Crippen LogP contribution in [0, 0.1) is 0 Å². The molecule has 7 heteroatoms. The van der Waals surface area contributed by atoms with Gasteiger partial charge >= 0.3 is 5.97 Å². The van der Waals surface area contributed by atoms with Gasteiger partial charge in [-0.1, -0.05) is 35.5 Å². The minimum Gasteiger partial charge on any atom is -0.496 e. The van der Waals surface area contributed by atoms with Crippen LogP contribution in [0.1, 0.15) is 40.7 Å². The Balaban J connectivity index is 1.49. The van der Waals surface area contributed by atoms with E-state index < -0.39 is 0 Å². The van der Waals surface area contributed by atoms with Crippen LogP contribution in [0.25, 0.3) is 11.4 Å². The molecule has 2 heterocycles. The predicted molar refractivity (Wildman–Crippen MR) is 106 cm³/mol. The Hall–Kier alpha value is -3.19. The van der Waals surface area contributed by atoms with Crippen molar-refractivity contribution >= 4 is 5.97 Å². The third kappa shape index (κ3) is 4.00. The summed E-state index contributed by atoms with van der Waals surface area (Å²) >= 11 is 0. The molecule has 0 spiro atoms. The molecule has 0 unspecified atom stereocenters. The molecule has 1 saturated heterocycles. The summed E-state index contributed by atoms with van der Waals surface area (Å²) in [6.07, 6.45) is 2.18. The quantitative estimate of drug-likeness (QED) is 0.588. The smallest absolute Gasteiger partial charge is 0.337 e. The van der Waals surface area contributed by atoms with Gasteiger partial charge in [-0.3, -0.25) is 4.90 Å². The standard InChI is InChI=1S/C22H23N3O4/c1-27-19-8-4-3-6-17(19)18-7-5-13-25(18)14-20-23-21(24-29-20)15-9-11-16(12-10-15)22(26)28-2/h3-4,6,8-12,18H,5,7,13-14H2,1-2H3/t18-/m1/s1. The van der Waals surface area contributed by atoms with Crippen LogP contribution in [0.2, 0.25) is 0 Å². The summed E-state index contributed by atoms with van der Waals surface area (Å²) in [5.74, 6) is 1.60. The second-order valence-corrected chi connectivity index (χ2v) is 6.95. The molecule has 2 aromatic carbocycles. The zero-order chi connectivity index (χ0) is 20.2. The van der Waals surface area contributed by atoms with Crippen molar-refractivity contribution in [1.82, 2.24) is 15.0 Å². The van der Waals surface area contributed by atoms with Crippen LogP contribution in [0.5, 0.6) is 5.75 Å². The molecule has 1 aliphatic rings. The van der Waals surface area contributed by atoms with Crippen LogP contribution in [0.15, 0.2) is 53.1 Å². The molecular weight excluding hydrogens is 370 g/mol. The van der Waals surface area contributed by atoms with E-state index in [9.17, 15) is 4.79 Å². The van der Waals surface area contributed by atoms with E-state index in [0.717, 1.165) is 30.7 Å². The Morgan fingerprint density at radius 2 is 1.97 bits per heavy atom. The number of ether oxygens (including phenoxy) is 2. The van der Waals surface area contributed by atoms with Gasteiger partial charge in [-0.05, 0) is 37.6 Å². The van der Waals surface area contributed by atoms with Crippen LogP contribution < -0.4 is 4.74 Å². The topological polar surface area (TPSA) is 77.7 Å². The molecule has 0 N–H and O–H groups in total. The molecule has 0 aliphatic carbocycles. The second-order valence-electron chi connectivity index (χ2n) is 6.95. The van der Waals surface area contributed by atoms with Gasteiger partial charge in [0, 0.05) is 17.2 Å². The van der Waals surface area contributed by atoms with Crippen molar-refractivity contribution in [3.8, 4) is 17.1 Å². The van der Waals surface area contributed by atoms with E-state index in [1.807, 2.05) is 18.2 Å². The Bertz CT molecular complexity index is 984. The lowest BCUT2D eigenvalue weighted by molar-refractivity contribution is 0.0600. The van der Waals surface area contributed by atoms with Gasteiger partial charge in [0.05, 0.1) is 26.3 Å². The van der Waals surface area contributed by atoms with Gasteiger partial charge in [-0.2, -0.15) is 4.98 Å². The highest BCUT2D eigenvalue weighted by molar-refractivity contribution is 5.89. The largest absolute Gasteiger partial charge is 0.496 e. The molecule has 150 valence electrons. The van der Waals surface area contributed by atoms with Gasteiger partial charge < -0.3 is 14.0 Å². The maximum absolute atomic E-state index is 11.6. The zero-order valence-corrected chi connectivity index (χ0v) is 16.5. The summed E-state index contributed by atoms with van der Waals surface area (Å²) in [5.41, 5.74) is 2.46. The summed E-state index contributed by atoms with van der Waals surface area (Å²) in [5, 5.41) is 4.10. The zero-order valence-electron chi connectivity index (χ0n) is 16.5. The molecule has 0 saturated carbocycles. The number of nitrogens with zero attached hydrogens (tertiary/aromatic N) is 3. The first-order chi connectivity index (χ1) is 14.2. The van der Waals surface area contributed by atoms with Crippen molar-refractivity contribution in [3.05, 3.63) is 65.5 Å². The number of hydrogen-bond acceptors (Lipinski definition) is 7. The number of carbonyl (C=O) groups is 1. The molecule has 1 fully saturated rings. The Labute approximate surface area is 169 Å². The maximum Gasteiger partial charge on any atom is 0.337 e. The molecule has 0 radical (unpaired) electrons. The van der Waals surface area contributed by atoms with Gasteiger partial charge in [0.15, 0.2) is 0 Å². The van der Waals surface area contributed by atoms with Gasteiger partial charge in [-0.25, -0.2) is 4.79 Å². The van der Waals surface area contributed by atoms with E-state index >= 15 is 0 Å². The van der Waals surface area contributed by atoms with Crippen LogP contribution in [-0.2, 0) is 11.3 Å². The number of hydrogen-bond donors (Lipinski definition) is 0. The first-order valence-electron chi connectivity index (χ1n) is 9.58. The summed E-state index contributed by atoms with van der Waals surface area (Å²) in [4.78, 5) is 18.5. The van der Waals surface area contributed by atoms with Crippen molar-refractivity contribution in [3.63, 3.8) is 0 Å². The highest BCUT2D eigenvalue weighted by Crippen LogP contribution is 2.37. The number of rotatable bonds is 6. The second kappa shape index (κ2) is 8.45. The third-order valence-electron chi connectivity index (χ3n) is 5.23. The Morgan fingerprint density at radius 3 is 2.72 bits per heavy atom. The van der Waals surface area contributed by atoms with Crippen LogP contribution >= 0.6 is 0 Å². The van der Waals surface area contributed by atoms with Gasteiger partial charge in [0.1, 0.15) is 5.75 Å². The molecule has 7 nitrogen and oxygen atoms in total. The number of methoxy groups -OCH3 is 2. The highest BCUT2D eigenvalue weighted by Gasteiger charge is 2.29. The number of aromatic nitrogens is 2. The Morgan fingerprint density at radius 1 is 1.17 bits per heavy atom. The number of carbonyl (C=O) groups excluding carboxylic acids is 1. The lowest BCUT2D eigenvalue weighted by atomic mass is 10.0. The highest BCUT2D eigenvalue weighted by atomic mass is 16.5. The fourth-order valence-electron chi connectivity index (χ4n) is 3.79. The number of esters is 1. The molecule has 0 amide bonds. The molecule has 1 aliphatic heterocycles. The van der Waals surface area contributed by atoms with Crippen LogP contribution in [0.4, 0.5) is 0 Å². The van der Waals surface area contributed by atoms with E-state index in [4.69, 9.17) is 14.0 Å². The van der Waals surface area contributed by atoms with Crippen molar-refractivity contribution in [1.29, 1.82) is 0 Å². The summed E-state index contributed by atoms with van der Waals surface area (Å²) in [6.45, 7) is 1.55. The summed E-state index contributed by atoms with van der Waals surface area (Å²) in [7, 11) is 3.06. The molecule has 4 rings (SSSR count). The minimum absolute atomic E-state index is 0.265. The van der Waals surface area contributed by atoms with E-state index in [-0.39, 0.29) is 12.0 Å². The molecule has 1 atom stereocenters. The van der Waals surface area contributed by atoms with Crippen molar-refractivity contribution in [2.45, 2.75) is 25.4 Å². The van der Waals surface area contributed by atoms with Crippen molar-refractivity contribution < 1.29 is 18.8 Å². The summed E-state index contributed by atoms with van der Waals surface area (Å²) in [6, 6.07) is 15.3. The SMILES string of the molecule is COC(=O)c1ccc(-c2noc(CN3CCC[C@@H]3c3ccccc3OC)n2)cc1. The predicted octanol–water partition coefficient (Wildman–Crippen LogP) is 3.87. The first kappa shape index (κ1) is 19.1. The molecule has 1 aromatic heterocycles. The maximum atomic E-state index is 11.6.